The number of hydrogen-bond acceptors (Lipinski definition) is 4. The number of piperazine rings is 1. The highest BCUT2D eigenvalue weighted by molar-refractivity contribution is 7.89. The lowest BCUT2D eigenvalue weighted by Crippen LogP contribution is -2.50. The zero-order valence-electron chi connectivity index (χ0n) is 15.6. The maximum Gasteiger partial charge on any atom is 0.257 e. The summed E-state index contributed by atoms with van der Waals surface area (Å²) in [5, 5.41) is 0.156. The molecule has 0 unspecified atom stereocenters. The molecule has 27 heavy (non-hydrogen) atoms. The van der Waals surface area contributed by atoms with Crippen molar-refractivity contribution in [1.82, 2.24) is 14.2 Å². The smallest absolute Gasteiger partial charge is 0.257 e. The minimum absolute atomic E-state index is 0.156. The third kappa shape index (κ3) is 3.85. The second kappa shape index (κ2) is 7.58. The Balaban J connectivity index is 1.78. The molecule has 144 valence electrons. The fraction of sp³-hybridized carbons (Fsp3) is 0.368. The molecule has 1 saturated heterocycles. The molecule has 1 aromatic heterocycles. The maximum absolute atomic E-state index is 13.1. The van der Waals surface area contributed by atoms with Crippen LogP contribution in [0.3, 0.4) is 0 Å². The van der Waals surface area contributed by atoms with Crippen LogP contribution in [0.2, 0.25) is 5.15 Å². The highest BCUT2D eigenvalue weighted by atomic mass is 35.5. The number of halogens is 1. The monoisotopic (exact) mass is 407 g/mol. The van der Waals surface area contributed by atoms with E-state index in [0.29, 0.717) is 23.5 Å². The van der Waals surface area contributed by atoms with E-state index in [9.17, 15) is 13.2 Å². The normalized spacial score (nSPS) is 15.8. The summed E-state index contributed by atoms with van der Waals surface area (Å²) >= 11 is 6.00. The summed E-state index contributed by atoms with van der Waals surface area (Å²) in [5.41, 5.74) is 2.86. The number of amides is 1. The molecule has 0 atom stereocenters. The topological polar surface area (TPSA) is 70.6 Å². The largest absolute Gasteiger partial charge is 0.336 e. The van der Waals surface area contributed by atoms with Crippen LogP contribution in [0, 0.1) is 20.8 Å². The van der Waals surface area contributed by atoms with Crippen molar-refractivity contribution in [3.8, 4) is 0 Å². The van der Waals surface area contributed by atoms with Crippen LogP contribution in [0.5, 0.6) is 0 Å². The van der Waals surface area contributed by atoms with Crippen molar-refractivity contribution >= 4 is 27.5 Å². The van der Waals surface area contributed by atoms with Crippen molar-refractivity contribution < 1.29 is 13.2 Å². The molecule has 1 aliphatic rings. The Morgan fingerprint density at radius 2 is 1.67 bits per heavy atom. The van der Waals surface area contributed by atoms with Crippen molar-refractivity contribution in [2.24, 2.45) is 0 Å². The number of carbonyl (C=O) groups is 1. The van der Waals surface area contributed by atoms with Gasteiger partial charge < -0.3 is 4.90 Å². The number of sulfonamides is 1. The van der Waals surface area contributed by atoms with E-state index in [0.717, 1.165) is 16.7 Å². The van der Waals surface area contributed by atoms with E-state index in [-0.39, 0.29) is 24.1 Å². The number of rotatable bonds is 3. The van der Waals surface area contributed by atoms with E-state index in [2.05, 4.69) is 4.98 Å². The lowest BCUT2D eigenvalue weighted by atomic mass is 10.1. The first-order valence-electron chi connectivity index (χ1n) is 8.69. The summed E-state index contributed by atoms with van der Waals surface area (Å²) in [6.07, 6.45) is 1.52. The summed E-state index contributed by atoms with van der Waals surface area (Å²) < 4.78 is 27.7. The Labute approximate surface area is 164 Å². The number of nitrogens with zero attached hydrogens (tertiary/aromatic N) is 3. The Kier molecular flexibility index (Phi) is 5.55. The summed E-state index contributed by atoms with van der Waals surface area (Å²) in [6, 6.07) is 7.04. The number of aryl methyl sites for hydroxylation is 3. The predicted molar refractivity (Wildman–Crippen MR) is 105 cm³/mol. The molecule has 3 rings (SSSR count). The molecule has 0 bridgehead atoms. The molecular formula is C19H22ClN3O3S. The van der Waals surface area contributed by atoms with Gasteiger partial charge in [0.2, 0.25) is 10.0 Å². The van der Waals surface area contributed by atoms with Gasteiger partial charge in [-0.05, 0) is 44.0 Å². The SMILES string of the molecule is Cc1cc(C)c(S(=O)(=O)N2CCN(C(=O)c3cccnc3Cl)CC2)c(C)c1. The molecule has 1 amide bonds. The van der Waals surface area contributed by atoms with Gasteiger partial charge in [0.05, 0.1) is 10.5 Å². The molecular weight excluding hydrogens is 386 g/mol. The standard InChI is InChI=1S/C19H22ClN3O3S/c1-13-11-14(2)17(15(3)12-13)27(25,26)23-9-7-22(8-10-23)19(24)16-5-4-6-21-18(16)20/h4-6,11-12H,7-10H2,1-3H3. The quantitative estimate of drug-likeness (QED) is 0.733. The van der Waals surface area contributed by atoms with Crippen LogP contribution >= 0.6 is 11.6 Å². The van der Waals surface area contributed by atoms with Crippen molar-refractivity contribution in [1.29, 1.82) is 0 Å². The fourth-order valence-corrected chi connectivity index (χ4v) is 5.58. The number of carbonyl (C=O) groups excluding carboxylic acids is 1. The minimum atomic E-state index is -3.61. The van der Waals surface area contributed by atoms with Gasteiger partial charge in [0.1, 0.15) is 5.15 Å². The molecule has 0 N–H and O–H groups in total. The maximum atomic E-state index is 13.1. The van der Waals surface area contributed by atoms with Gasteiger partial charge in [-0.2, -0.15) is 4.31 Å². The molecule has 2 heterocycles. The van der Waals surface area contributed by atoms with Crippen LogP contribution in [-0.2, 0) is 10.0 Å². The van der Waals surface area contributed by atoms with Crippen LogP contribution in [0.1, 0.15) is 27.0 Å². The molecule has 1 aliphatic heterocycles. The van der Waals surface area contributed by atoms with E-state index in [4.69, 9.17) is 11.6 Å². The fourth-order valence-electron chi connectivity index (χ4n) is 3.55. The van der Waals surface area contributed by atoms with Crippen molar-refractivity contribution in [3.05, 3.63) is 57.9 Å². The molecule has 0 radical (unpaired) electrons. The van der Waals surface area contributed by atoms with Gasteiger partial charge in [0.15, 0.2) is 0 Å². The van der Waals surface area contributed by atoms with Crippen LogP contribution < -0.4 is 0 Å². The van der Waals surface area contributed by atoms with Gasteiger partial charge in [0, 0.05) is 32.4 Å². The second-order valence-corrected chi connectivity index (χ2v) is 9.00. The van der Waals surface area contributed by atoms with Crippen LogP contribution in [0.4, 0.5) is 0 Å². The Bertz CT molecular complexity index is 960. The van der Waals surface area contributed by atoms with Gasteiger partial charge in [-0.15, -0.1) is 0 Å². The minimum Gasteiger partial charge on any atom is -0.336 e. The first kappa shape index (κ1) is 19.8. The number of aromatic nitrogens is 1. The molecule has 2 aromatic rings. The average Bonchev–Trinajstić information content (AvgIpc) is 2.60. The first-order valence-corrected chi connectivity index (χ1v) is 10.5. The van der Waals surface area contributed by atoms with Crippen molar-refractivity contribution in [2.45, 2.75) is 25.7 Å². The van der Waals surface area contributed by atoms with E-state index in [1.165, 1.54) is 10.5 Å². The molecule has 1 aromatic carbocycles. The Morgan fingerprint density at radius 3 is 2.22 bits per heavy atom. The number of benzene rings is 1. The van der Waals surface area contributed by atoms with E-state index >= 15 is 0 Å². The van der Waals surface area contributed by atoms with Gasteiger partial charge in [-0.3, -0.25) is 4.79 Å². The molecule has 0 spiro atoms. The van der Waals surface area contributed by atoms with Crippen molar-refractivity contribution in [3.63, 3.8) is 0 Å². The Hall–Kier alpha value is -1.96. The predicted octanol–water partition coefficient (Wildman–Crippen LogP) is 2.81. The first-order chi connectivity index (χ1) is 12.7. The van der Waals surface area contributed by atoms with Gasteiger partial charge in [-0.1, -0.05) is 29.3 Å². The molecule has 1 fully saturated rings. The van der Waals surface area contributed by atoms with Crippen LogP contribution in [0.15, 0.2) is 35.4 Å². The summed E-state index contributed by atoms with van der Waals surface area (Å²) in [5.74, 6) is -0.229. The third-order valence-electron chi connectivity index (χ3n) is 4.72. The molecule has 0 saturated carbocycles. The van der Waals surface area contributed by atoms with E-state index in [1.807, 2.05) is 32.9 Å². The summed E-state index contributed by atoms with van der Waals surface area (Å²) in [4.78, 5) is 18.5. The summed E-state index contributed by atoms with van der Waals surface area (Å²) in [7, 11) is -3.61. The molecule has 0 aliphatic carbocycles. The Morgan fingerprint density at radius 1 is 1.07 bits per heavy atom. The third-order valence-corrected chi connectivity index (χ3v) is 7.22. The van der Waals surface area contributed by atoms with Crippen LogP contribution in [-0.4, -0.2) is 54.7 Å². The zero-order valence-corrected chi connectivity index (χ0v) is 17.1. The van der Waals surface area contributed by atoms with E-state index in [1.54, 1.807) is 17.0 Å². The van der Waals surface area contributed by atoms with Gasteiger partial charge in [0.25, 0.3) is 5.91 Å². The zero-order chi connectivity index (χ0) is 19.8. The number of hydrogen-bond donors (Lipinski definition) is 0. The van der Waals surface area contributed by atoms with Crippen molar-refractivity contribution in [2.75, 3.05) is 26.2 Å². The summed E-state index contributed by atoms with van der Waals surface area (Å²) in [6.45, 7) is 6.70. The second-order valence-electron chi connectivity index (χ2n) is 6.77. The van der Waals surface area contributed by atoms with E-state index < -0.39 is 10.0 Å². The van der Waals surface area contributed by atoms with Gasteiger partial charge >= 0.3 is 0 Å². The van der Waals surface area contributed by atoms with Gasteiger partial charge in [-0.25, -0.2) is 13.4 Å². The lowest BCUT2D eigenvalue weighted by molar-refractivity contribution is 0.0697. The molecule has 6 nitrogen and oxygen atoms in total. The highest BCUT2D eigenvalue weighted by Crippen LogP contribution is 2.26. The highest BCUT2D eigenvalue weighted by Gasteiger charge is 2.32. The average molecular weight is 408 g/mol. The van der Waals surface area contributed by atoms with Crippen LogP contribution in [0.25, 0.3) is 0 Å². The lowest BCUT2D eigenvalue weighted by Gasteiger charge is -2.34. The molecule has 8 heteroatoms. The number of pyridine rings is 1.